The van der Waals surface area contributed by atoms with Crippen LogP contribution >= 0.6 is 0 Å². The van der Waals surface area contributed by atoms with Gasteiger partial charge in [-0.1, -0.05) is 24.6 Å². The van der Waals surface area contributed by atoms with Crippen molar-refractivity contribution in [1.29, 1.82) is 0 Å². The number of likely N-dealkylation sites (tertiary alicyclic amines) is 1. The molecule has 1 saturated heterocycles. The highest BCUT2D eigenvalue weighted by molar-refractivity contribution is 5.97. The van der Waals surface area contributed by atoms with E-state index in [0.717, 1.165) is 36.3 Å². The van der Waals surface area contributed by atoms with E-state index in [-0.39, 0.29) is 18.4 Å². The molecule has 28 heavy (non-hydrogen) atoms. The van der Waals surface area contributed by atoms with Gasteiger partial charge < -0.3 is 9.47 Å². The Hall–Kier alpha value is -3.09. The number of para-hydroxylation sites is 1. The van der Waals surface area contributed by atoms with E-state index in [4.69, 9.17) is 0 Å². The number of aromatic nitrogens is 1. The number of benzene rings is 1. The van der Waals surface area contributed by atoms with Crippen LogP contribution in [0.5, 0.6) is 0 Å². The molecule has 1 aliphatic heterocycles. The van der Waals surface area contributed by atoms with Gasteiger partial charge in [-0.3, -0.25) is 25.2 Å². The molecule has 0 unspecified atom stereocenters. The average Bonchev–Trinajstić information content (AvgIpc) is 2.84. The first kappa shape index (κ1) is 19.7. The fourth-order valence-corrected chi connectivity index (χ4v) is 3.58. The molecular weight excluding hydrogens is 356 g/mol. The Morgan fingerprint density at radius 2 is 1.79 bits per heavy atom. The molecule has 0 saturated carbocycles. The fraction of sp³-hybridized carbons (Fsp3) is 0.381. The van der Waals surface area contributed by atoms with Crippen molar-refractivity contribution in [3.8, 4) is 5.69 Å². The van der Waals surface area contributed by atoms with Gasteiger partial charge >= 0.3 is 0 Å². The zero-order valence-electron chi connectivity index (χ0n) is 16.3. The molecule has 3 rings (SSSR count). The molecule has 148 valence electrons. The van der Waals surface area contributed by atoms with Gasteiger partial charge in [-0.25, -0.2) is 0 Å². The van der Waals surface area contributed by atoms with E-state index >= 15 is 0 Å². The molecule has 1 fully saturated rings. The van der Waals surface area contributed by atoms with Crippen LogP contribution in [0.3, 0.4) is 0 Å². The number of nitrogens with zero attached hydrogens (tertiary/aromatic N) is 2. The quantitative estimate of drug-likeness (QED) is 0.796. The van der Waals surface area contributed by atoms with Crippen LogP contribution in [-0.2, 0) is 9.59 Å². The first-order valence-electron chi connectivity index (χ1n) is 9.58. The van der Waals surface area contributed by atoms with Crippen molar-refractivity contribution in [3.05, 3.63) is 53.3 Å². The summed E-state index contributed by atoms with van der Waals surface area (Å²) in [5, 5.41) is 0. The maximum absolute atomic E-state index is 12.6. The molecule has 0 bridgehead atoms. The molecule has 1 aromatic heterocycles. The second kappa shape index (κ2) is 8.73. The Balaban J connectivity index is 1.62. The van der Waals surface area contributed by atoms with Crippen molar-refractivity contribution in [3.63, 3.8) is 0 Å². The number of hydrogen-bond acceptors (Lipinski definition) is 3. The Bertz CT molecular complexity index is 873. The average molecular weight is 382 g/mol. The highest BCUT2D eigenvalue weighted by Crippen LogP contribution is 2.20. The minimum atomic E-state index is -0.402. The molecule has 0 spiro atoms. The van der Waals surface area contributed by atoms with E-state index in [1.807, 2.05) is 48.7 Å². The molecule has 7 nitrogen and oxygen atoms in total. The number of aryl methyl sites for hydroxylation is 1. The molecule has 1 aromatic carbocycles. The Kier molecular flexibility index (Phi) is 6.13. The summed E-state index contributed by atoms with van der Waals surface area (Å²) in [6, 6.07) is 11.6. The first-order chi connectivity index (χ1) is 13.5. The van der Waals surface area contributed by atoms with E-state index in [0.29, 0.717) is 18.5 Å². The minimum Gasteiger partial charge on any atom is -0.333 e. The van der Waals surface area contributed by atoms with Gasteiger partial charge in [0.1, 0.15) is 6.54 Å². The van der Waals surface area contributed by atoms with Crippen LogP contribution < -0.4 is 10.9 Å². The van der Waals surface area contributed by atoms with Crippen LogP contribution in [0, 0.1) is 13.8 Å². The van der Waals surface area contributed by atoms with Gasteiger partial charge in [0.15, 0.2) is 0 Å². The summed E-state index contributed by atoms with van der Waals surface area (Å²) in [6.45, 7) is 4.34. The second-order valence-corrected chi connectivity index (χ2v) is 7.08. The third-order valence-corrected chi connectivity index (χ3v) is 5.01. The van der Waals surface area contributed by atoms with Crippen molar-refractivity contribution >= 4 is 17.7 Å². The van der Waals surface area contributed by atoms with Crippen LogP contribution in [0.1, 0.15) is 47.4 Å². The summed E-state index contributed by atoms with van der Waals surface area (Å²) in [7, 11) is 0. The van der Waals surface area contributed by atoms with Crippen molar-refractivity contribution in [1.82, 2.24) is 20.3 Å². The maximum Gasteiger partial charge on any atom is 0.271 e. The van der Waals surface area contributed by atoms with Crippen LogP contribution in [0.4, 0.5) is 0 Å². The highest BCUT2D eigenvalue weighted by Gasteiger charge is 2.20. The van der Waals surface area contributed by atoms with Gasteiger partial charge in [-0.2, -0.15) is 0 Å². The molecule has 7 heteroatoms. The van der Waals surface area contributed by atoms with Gasteiger partial charge in [-0.05, 0) is 44.9 Å². The molecule has 2 aromatic rings. The normalized spacial score (nSPS) is 14.5. The number of rotatable bonds is 4. The molecule has 0 radical (unpaired) electrons. The van der Waals surface area contributed by atoms with Gasteiger partial charge in [0.05, 0.1) is 5.56 Å². The molecule has 2 heterocycles. The molecular formula is C21H26N4O3. The van der Waals surface area contributed by atoms with Crippen LogP contribution in [0.2, 0.25) is 0 Å². The standard InChI is InChI=1S/C21H26N4O3/c1-15-13-18(16(2)25(15)17-9-5-3-6-10-17)21(28)23-22-19(26)14-24-12-8-4-7-11-20(24)27/h3,5-6,9-10,13H,4,7-8,11-12,14H2,1-2H3,(H,22,26)(H,23,28). The van der Waals surface area contributed by atoms with Gasteiger partial charge in [0, 0.05) is 30.0 Å². The fourth-order valence-electron chi connectivity index (χ4n) is 3.58. The lowest BCUT2D eigenvalue weighted by atomic mass is 10.2. The smallest absolute Gasteiger partial charge is 0.271 e. The summed E-state index contributed by atoms with van der Waals surface area (Å²) >= 11 is 0. The van der Waals surface area contributed by atoms with Gasteiger partial charge in [0.2, 0.25) is 5.91 Å². The molecule has 0 aliphatic carbocycles. The Morgan fingerprint density at radius 3 is 2.54 bits per heavy atom. The predicted molar refractivity (Wildman–Crippen MR) is 106 cm³/mol. The summed E-state index contributed by atoms with van der Waals surface area (Å²) in [4.78, 5) is 38.3. The van der Waals surface area contributed by atoms with Gasteiger partial charge in [0.25, 0.3) is 11.8 Å². The number of carbonyl (C=O) groups is 3. The monoisotopic (exact) mass is 382 g/mol. The summed E-state index contributed by atoms with van der Waals surface area (Å²) in [5.74, 6) is -0.795. The molecule has 1 aliphatic rings. The lowest BCUT2D eigenvalue weighted by molar-refractivity contribution is -0.135. The number of hydrogen-bond donors (Lipinski definition) is 2. The lowest BCUT2D eigenvalue weighted by Crippen LogP contribution is -2.47. The third-order valence-electron chi connectivity index (χ3n) is 5.01. The van der Waals surface area contributed by atoms with Crippen LogP contribution in [-0.4, -0.2) is 40.3 Å². The van der Waals surface area contributed by atoms with Crippen molar-refractivity contribution in [2.75, 3.05) is 13.1 Å². The number of hydrazine groups is 1. The van der Waals surface area contributed by atoms with Crippen molar-refractivity contribution in [2.45, 2.75) is 39.5 Å². The van der Waals surface area contributed by atoms with E-state index in [1.165, 1.54) is 0 Å². The highest BCUT2D eigenvalue weighted by atomic mass is 16.2. The largest absolute Gasteiger partial charge is 0.333 e. The molecule has 3 amide bonds. The van der Waals surface area contributed by atoms with Crippen molar-refractivity contribution in [2.24, 2.45) is 0 Å². The molecule has 0 atom stereocenters. The lowest BCUT2D eigenvalue weighted by Gasteiger charge is -2.19. The second-order valence-electron chi connectivity index (χ2n) is 7.08. The first-order valence-corrected chi connectivity index (χ1v) is 9.58. The summed E-state index contributed by atoms with van der Waals surface area (Å²) in [5.41, 5.74) is 8.07. The zero-order valence-corrected chi connectivity index (χ0v) is 16.3. The number of nitrogens with one attached hydrogen (secondary N) is 2. The third kappa shape index (κ3) is 4.42. The van der Waals surface area contributed by atoms with E-state index in [2.05, 4.69) is 10.9 Å². The zero-order chi connectivity index (χ0) is 20.1. The topological polar surface area (TPSA) is 83.4 Å². The Labute approximate surface area is 164 Å². The van der Waals surface area contributed by atoms with Crippen molar-refractivity contribution < 1.29 is 14.4 Å². The Morgan fingerprint density at radius 1 is 1.04 bits per heavy atom. The van der Waals surface area contributed by atoms with E-state index in [1.54, 1.807) is 11.0 Å². The van der Waals surface area contributed by atoms with E-state index in [9.17, 15) is 14.4 Å². The summed E-state index contributed by atoms with van der Waals surface area (Å²) in [6.07, 6.45) is 3.24. The van der Waals surface area contributed by atoms with Gasteiger partial charge in [-0.15, -0.1) is 0 Å². The van der Waals surface area contributed by atoms with Crippen LogP contribution in [0.25, 0.3) is 5.69 Å². The minimum absolute atomic E-state index is 0.00890. The summed E-state index contributed by atoms with van der Waals surface area (Å²) < 4.78 is 1.99. The maximum atomic E-state index is 12.6. The van der Waals surface area contributed by atoms with Crippen LogP contribution in [0.15, 0.2) is 36.4 Å². The number of amides is 3. The predicted octanol–water partition coefficient (Wildman–Crippen LogP) is 2.26. The number of carbonyl (C=O) groups excluding carboxylic acids is 3. The molecule has 2 N–H and O–H groups in total. The van der Waals surface area contributed by atoms with E-state index < -0.39 is 5.91 Å². The SMILES string of the molecule is Cc1cc(C(=O)NNC(=O)CN2CCCCCC2=O)c(C)n1-c1ccccc1.